The molecule has 2 aromatic rings. The second-order valence-corrected chi connectivity index (χ2v) is 3.64. The molecule has 15 heavy (non-hydrogen) atoms. The van der Waals surface area contributed by atoms with Gasteiger partial charge in [-0.25, -0.2) is 9.37 Å². The summed E-state index contributed by atoms with van der Waals surface area (Å²) in [5.41, 5.74) is 1.46. The summed E-state index contributed by atoms with van der Waals surface area (Å²) in [4.78, 5) is 4.32. The van der Waals surface area contributed by atoms with Crippen molar-refractivity contribution in [3.63, 3.8) is 0 Å². The normalized spacial score (nSPS) is 11.1. The minimum absolute atomic E-state index is 0.318. The maximum Gasteiger partial charge on any atom is 0.139 e. The van der Waals surface area contributed by atoms with Gasteiger partial charge in [-0.05, 0) is 19.2 Å². The molecule has 0 aromatic carbocycles. The number of nitrogens with one attached hydrogen (secondary N) is 1. The van der Waals surface area contributed by atoms with Crippen molar-refractivity contribution in [2.45, 2.75) is 6.42 Å². The van der Waals surface area contributed by atoms with Crippen LogP contribution in [0.5, 0.6) is 0 Å². The fourth-order valence-corrected chi connectivity index (χ4v) is 1.71. The fourth-order valence-electron chi connectivity index (χ4n) is 1.44. The van der Waals surface area contributed by atoms with Gasteiger partial charge in [-0.1, -0.05) is 11.6 Å². The molecule has 2 heterocycles. The van der Waals surface area contributed by atoms with Gasteiger partial charge in [0.05, 0.1) is 5.69 Å². The van der Waals surface area contributed by atoms with E-state index in [1.54, 1.807) is 10.5 Å². The second-order valence-electron chi connectivity index (χ2n) is 3.28. The van der Waals surface area contributed by atoms with Crippen LogP contribution >= 0.6 is 11.6 Å². The molecule has 0 amide bonds. The minimum atomic E-state index is -0.318. The van der Waals surface area contributed by atoms with Gasteiger partial charge in [0.2, 0.25) is 0 Å². The highest BCUT2D eigenvalue weighted by molar-refractivity contribution is 6.30. The largest absolute Gasteiger partial charge is 0.319 e. The third kappa shape index (κ3) is 1.96. The van der Waals surface area contributed by atoms with E-state index in [1.165, 1.54) is 12.3 Å². The van der Waals surface area contributed by atoms with Gasteiger partial charge in [-0.15, -0.1) is 0 Å². The lowest BCUT2D eigenvalue weighted by atomic mass is 10.3. The first-order chi connectivity index (χ1) is 7.22. The fraction of sp³-hybridized carbons (Fsp3) is 0.300. The molecular weight excluding hydrogens is 217 g/mol. The van der Waals surface area contributed by atoms with Gasteiger partial charge in [0.15, 0.2) is 0 Å². The summed E-state index contributed by atoms with van der Waals surface area (Å²) in [5.74, 6) is -0.318. The van der Waals surface area contributed by atoms with Gasteiger partial charge >= 0.3 is 0 Å². The molecule has 0 fully saturated rings. The van der Waals surface area contributed by atoms with E-state index < -0.39 is 0 Å². The van der Waals surface area contributed by atoms with Crippen molar-refractivity contribution in [3.05, 3.63) is 35.0 Å². The van der Waals surface area contributed by atoms with Gasteiger partial charge in [0.25, 0.3) is 0 Å². The van der Waals surface area contributed by atoms with Crippen LogP contribution in [-0.4, -0.2) is 23.0 Å². The number of halogens is 2. The standard InChI is InChI=1S/C10H11ClFN3/c1-13-5-4-8-10(11)15-6-7(12)2-3-9(15)14-8/h2-3,6,13H,4-5H2,1H3. The maximum absolute atomic E-state index is 13.0. The first-order valence-electron chi connectivity index (χ1n) is 4.69. The number of pyridine rings is 1. The van der Waals surface area contributed by atoms with E-state index in [2.05, 4.69) is 10.3 Å². The number of likely N-dealkylation sites (N-methyl/N-ethyl adjacent to an activating group) is 1. The lowest BCUT2D eigenvalue weighted by molar-refractivity contribution is 0.619. The van der Waals surface area contributed by atoms with Crippen molar-refractivity contribution in [3.8, 4) is 0 Å². The van der Waals surface area contributed by atoms with Gasteiger partial charge in [0, 0.05) is 19.2 Å². The van der Waals surface area contributed by atoms with E-state index in [4.69, 9.17) is 11.6 Å². The van der Waals surface area contributed by atoms with E-state index in [9.17, 15) is 4.39 Å². The molecule has 0 bridgehead atoms. The van der Waals surface area contributed by atoms with Crippen LogP contribution in [0.1, 0.15) is 5.69 Å². The molecule has 0 saturated heterocycles. The third-order valence-corrected chi connectivity index (χ3v) is 2.60. The zero-order chi connectivity index (χ0) is 10.8. The molecule has 2 aromatic heterocycles. The van der Waals surface area contributed by atoms with E-state index in [0.717, 1.165) is 18.7 Å². The Bertz CT molecular complexity index is 481. The zero-order valence-corrected chi connectivity index (χ0v) is 9.05. The molecule has 3 nitrogen and oxygen atoms in total. The summed E-state index contributed by atoms with van der Waals surface area (Å²) in [6.45, 7) is 0.798. The number of fused-ring (bicyclic) bond motifs is 1. The number of hydrogen-bond donors (Lipinski definition) is 1. The van der Waals surface area contributed by atoms with Crippen LogP contribution in [0.2, 0.25) is 5.15 Å². The highest BCUT2D eigenvalue weighted by Crippen LogP contribution is 2.18. The SMILES string of the molecule is CNCCc1nc2ccc(F)cn2c1Cl. The Morgan fingerprint density at radius 2 is 2.33 bits per heavy atom. The molecule has 0 aliphatic heterocycles. The van der Waals surface area contributed by atoms with E-state index >= 15 is 0 Å². The number of nitrogens with zero attached hydrogens (tertiary/aromatic N) is 2. The molecule has 5 heteroatoms. The topological polar surface area (TPSA) is 29.3 Å². The van der Waals surface area contributed by atoms with Crippen molar-refractivity contribution < 1.29 is 4.39 Å². The van der Waals surface area contributed by atoms with Crippen molar-refractivity contribution in [2.24, 2.45) is 0 Å². The van der Waals surface area contributed by atoms with Gasteiger partial charge in [-0.3, -0.25) is 4.40 Å². The van der Waals surface area contributed by atoms with Crippen molar-refractivity contribution in [1.29, 1.82) is 0 Å². The third-order valence-electron chi connectivity index (χ3n) is 2.20. The van der Waals surface area contributed by atoms with E-state index in [-0.39, 0.29) is 5.82 Å². The second kappa shape index (κ2) is 4.16. The van der Waals surface area contributed by atoms with Gasteiger partial charge in [0.1, 0.15) is 16.6 Å². The van der Waals surface area contributed by atoms with Crippen LogP contribution in [0.3, 0.4) is 0 Å². The quantitative estimate of drug-likeness (QED) is 0.868. The number of hydrogen-bond acceptors (Lipinski definition) is 2. The first kappa shape index (κ1) is 10.4. The molecule has 0 unspecified atom stereocenters. The summed E-state index contributed by atoms with van der Waals surface area (Å²) in [6.07, 6.45) is 2.08. The molecule has 0 radical (unpaired) electrons. The first-order valence-corrected chi connectivity index (χ1v) is 5.07. The van der Waals surface area contributed by atoms with E-state index in [0.29, 0.717) is 10.8 Å². The van der Waals surface area contributed by atoms with Gasteiger partial charge < -0.3 is 5.32 Å². The van der Waals surface area contributed by atoms with Crippen molar-refractivity contribution in [2.75, 3.05) is 13.6 Å². The molecule has 0 aliphatic rings. The Hall–Kier alpha value is -1.13. The predicted molar refractivity (Wildman–Crippen MR) is 57.8 cm³/mol. The van der Waals surface area contributed by atoms with Crippen LogP contribution < -0.4 is 5.32 Å². The minimum Gasteiger partial charge on any atom is -0.319 e. The summed E-state index contributed by atoms with van der Waals surface area (Å²) in [7, 11) is 1.86. The highest BCUT2D eigenvalue weighted by atomic mass is 35.5. The Kier molecular flexibility index (Phi) is 2.88. The average molecular weight is 228 g/mol. The zero-order valence-electron chi connectivity index (χ0n) is 8.30. The van der Waals surface area contributed by atoms with Crippen molar-refractivity contribution >= 4 is 17.2 Å². The highest BCUT2D eigenvalue weighted by Gasteiger charge is 2.09. The number of aromatic nitrogens is 2. The molecule has 0 saturated carbocycles. The van der Waals surface area contributed by atoms with Gasteiger partial charge in [-0.2, -0.15) is 0 Å². The smallest absolute Gasteiger partial charge is 0.139 e. The van der Waals surface area contributed by atoms with Crippen LogP contribution in [-0.2, 0) is 6.42 Å². The summed E-state index contributed by atoms with van der Waals surface area (Å²) < 4.78 is 14.5. The number of imidazole rings is 1. The molecular formula is C10H11ClFN3. The Morgan fingerprint density at radius 3 is 3.07 bits per heavy atom. The van der Waals surface area contributed by atoms with Crippen LogP contribution in [0.4, 0.5) is 4.39 Å². The molecule has 0 aliphatic carbocycles. The molecule has 1 N–H and O–H groups in total. The molecule has 80 valence electrons. The molecule has 0 atom stereocenters. The van der Waals surface area contributed by atoms with E-state index in [1.807, 2.05) is 7.05 Å². The lowest BCUT2D eigenvalue weighted by Gasteiger charge is -1.96. The Labute approximate surface area is 91.9 Å². The number of rotatable bonds is 3. The van der Waals surface area contributed by atoms with Crippen LogP contribution in [0.25, 0.3) is 5.65 Å². The summed E-state index contributed by atoms with van der Waals surface area (Å²) in [6, 6.07) is 2.99. The Balaban J connectivity index is 2.45. The van der Waals surface area contributed by atoms with Crippen LogP contribution in [0, 0.1) is 5.82 Å². The van der Waals surface area contributed by atoms with Crippen molar-refractivity contribution in [1.82, 2.24) is 14.7 Å². The maximum atomic E-state index is 13.0. The van der Waals surface area contributed by atoms with Crippen LogP contribution in [0.15, 0.2) is 18.3 Å². The molecule has 2 rings (SSSR count). The molecule has 0 spiro atoms. The summed E-state index contributed by atoms with van der Waals surface area (Å²) >= 11 is 6.07. The average Bonchev–Trinajstić information content (AvgIpc) is 2.53. The predicted octanol–water partition coefficient (Wildman–Crippen LogP) is 1.89. The Morgan fingerprint density at radius 1 is 1.53 bits per heavy atom. The lowest BCUT2D eigenvalue weighted by Crippen LogP contribution is -2.10. The summed E-state index contributed by atoms with van der Waals surface area (Å²) in [5, 5.41) is 3.50. The monoisotopic (exact) mass is 227 g/mol.